The fraction of sp³-hybridized carbons (Fsp3) is 0.0526. The maximum atomic E-state index is 2.38. The molecule has 0 fully saturated rings. The average molecular weight is 783 g/mol. The predicted octanol–water partition coefficient (Wildman–Crippen LogP) is 15.1. The van der Waals surface area contributed by atoms with Crippen LogP contribution in [-0.4, -0.2) is 13.7 Å². The molecule has 0 saturated carbocycles. The van der Waals surface area contributed by atoms with Crippen molar-refractivity contribution in [2.45, 2.75) is 0 Å². The second-order valence-electron chi connectivity index (χ2n) is 16.3. The van der Waals surface area contributed by atoms with Crippen molar-refractivity contribution in [2.75, 3.05) is 4.90 Å². The van der Waals surface area contributed by atoms with E-state index >= 15 is 0 Å². The Morgan fingerprint density at radius 3 is 0.820 bits per heavy atom. The third-order valence-corrected chi connectivity index (χ3v) is 13.1. The van der Waals surface area contributed by atoms with Gasteiger partial charge in [-0.15, -0.1) is 0 Å². The molecule has 0 N–H and O–H groups in total. The van der Waals surface area contributed by atoms with E-state index in [4.69, 9.17) is 0 Å². The number of benzene rings is 9. The Balaban J connectivity index is 0.975. The molecule has 0 saturated heterocycles. The smallest absolute Gasteiger partial charge is 0.0568 e. The molecule has 0 aliphatic carbocycles. The largest absolute Gasteiger partial charge is 0.343 e. The van der Waals surface area contributed by atoms with Crippen LogP contribution in [0.3, 0.4) is 0 Å². The molecule has 3 aromatic heterocycles. The molecule has 12 aromatic rings. The Labute approximate surface area is 354 Å². The first-order valence-electron chi connectivity index (χ1n) is 21.0. The van der Waals surface area contributed by atoms with Crippen LogP contribution >= 0.6 is 0 Å². The van der Waals surface area contributed by atoms with Crippen LogP contribution in [0, 0.1) is 0 Å². The first kappa shape index (κ1) is 35.2. The Hall–Kier alpha value is -7.82. The summed E-state index contributed by atoms with van der Waals surface area (Å²) in [4.78, 5) is 2.38. The van der Waals surface area contributed by atoms with Crippen LogP contribution in [0.5, 0.6) is 0 Å². The van der Waals surface area contributed by atoms with Gasteiger partial charge >= 0.3 is 0 Å². The van der Waals surface area contributed by atoms with Gasteiger partial charge in [0.25, 0.3) is 0 Å². The monoisotopic (exact) mass is 782 g/mol. The quantitative estimate of drug-likeness (QED) is 0.164. The van der Waals surface area contributed by atoms with Crippen molar-refractivity contribution in [3.8, 4) is 33.4 Å². The summed E-state index contributed by atoms with van der Waals surface area (Å²) in [6.07, 6.45) is 0. The predicted molar refractivity (Wildman–Crippen MR) is 259 cm³/mol. The number of hydrogen-bond donors (Lipinski definition) is 0. The minimum atomic E-state index is 1.10. The maximum absolute atomic E-state index is 2.38. The lowest BCUT2D eigenvalue weighted by Crippen LogP contribution is -2.09. The summed E-state index contributed by atoms with van der Waals surface area (Å²) in [5.74, 6) is 0. The van der Waals surface area contributed by atoms with E-state index in [1.165, 1.54) is 98.8 Å². The standard InChI is InChI=1S/C57H42N4/c1-58-52-22-7-4-13-46(52)49-19-10-16-43(55(49)58)37-25-31-40(32-26-37)61(41-33-27-38(28-34-41)44-17-11-20-50-47-14-5-8-23-53(47)59(2)56(44)50)42-35-29-39(30-36-42)45-18-12-21-51-48-15-6-9-24-54(48)60(3)57(45)51/h4-36H,1-3H3. The van der Waals surface area contributed by atoms with Gasteiger partial charge < -0.3 is 18.6 Å². The van der Waals surface area contributed by atoms with Gasteiger partial charge in [-0.25, -0.2) is 0 Å². The number of nitrogens with zero attached hydrogens (tertiary/aromatic N) is 4. The molecule has 0 radical (unpaired) electrons. The topological polar surface area (TPSA) is 18.0 Å². The van der Waals surface area contributed by atoms with Crippen LogP contribution in [0.15, 0.2) is 200 Å². The SMILES string of the molecule is Cn1c2ccccc2c2cccc(-c3ccc(N(c4ccc(-c5cccc6c7ccccc7n(C)c56)cc4)c4ccc(-c5cccc6c7ccccc7n(C)c56)cc4)cc3)c21. The number of aryl methyl sites for hydroxylation is 3. The van der Waals surface area contributed by atoms with Crippen LogP contribution in [0.4, 0.5) is 17.1 Å². The van der Waals surface area contributed by atoms with Crippen molar-refractivity contribution < 1.29 is 0 Å². The molecule has 9 aromatic carbocycles. The molecule has 0 atom stereocenters. The zero-order chi connectivity index (χ0) is 40.8. The molecule has 4 heteroatoms. The second kappa shape index (κ2) is 13.6. The third kappa shape index (κ3) is 5.32. The van der Waals surface area contributed by atoms with Gasteiger partial charge in [-0.05, 0) is 71.3 Å². The second-order valence-corrected chi connectivity index (χ2v) is 16.3. The van der Waals surface area contributed by atoms with E-state index in [9.17, 15) is 0 Å². The highest BCUT2D eigenvalue weighted by Gasteiger charge is 2.19. The molecule has 61 heavy (non-hydrogen) atoms. The van der Waals surface area contributed by atoms with Crippen molar-refractivity contribution >= 4 is 82.5 Å². The fourth-order valence-electron chi connectivity index (χ4n) is 10.2. The zero-order valence-corrected chi connectivity index (χ0v) is 34.3. The average Bonchev–Trinajstić information content (AvgIpc) is 3.91. The van der Waals surface area contributed by atoms with E-state index in [1.54, 1.807) is 0 Å². The van der Waals surface area contributed by atoms with Gasteiger partial charge in [-0.1, -0.05) is 146 Å². The Bertz CT molecular complexity index is 3270. The Morgan fingerprint density at radius 1 is 0.262 bits per heavy atom. The van der Waals surface area contributed by atoms with Gasteiger partial charge in [0.15, 0.2) is 0 Å². The molecule has 290 valence electrons. The van der Waals surface area contributed by atoms with E-state index < -0.39 is 0 Å². The van der Waals surface area contributed by atoms with Gasteiger partial charge in [-0.2, -0.15) is 0 Å². The molecular formula is C57H42N4. The molecule has 0 bridgehead atoms. The number of anilines is 3. The lowest BCUT2D eigenvalue weighted by atomic mass is 10.00. The number of para-hydroxylation sites is 6. The summed E-state index contributed by atoms with van der Waals surface area (Å²) in [6.45, 7) is 0. The zero-order valence-electron chi connectivity index (χ0n) is 34.3. The highest BCUT2D eigenvalue weighted by atomic mass is 15.1. The summed E-state index contributed by atoms with van der Waals surface area (Å²) in [6, 6.07) is 73.4. The molecule has 0 aliphatic rings. The van der Waals surface area contributed by atoms with Crippen LogP contribution in [0.25, 0.3) is 98.8 Å². The number of rotatable bonds is 6. The molecule has 0 spiro atoms. The highest BCUT2D eigenvalue weighted by Crippen LogP contribution is 2.42. The minimum Gasteiger partial charge on any atom is -0.343 e. The van der Waals surface area contributed by atoms with Gasteiger partial charge in [0, 0.05) is 104 Å². The van der Waals surface area contributed by atoms with E-state index in [-0.39, 0.29) is 0 Å². The Morgan fingerprint density at radius 2 is 0.525 bits per heavy atom. The van der Waals surface area contributed by atoms with E-state index in [2.05, 4.69) is 240 Å². The van der Waals surface area contributed by atoms with Crippen molar-refractivity contribution in [3.63, 3.8) is 0 Å². The summed E-state index contributed by atoms with van der Waals surface area (Å²) in [7, 11) is 6.54. The van der Waals surface area contributed by atoms with Crippen molar-refractivity contribution in [3.05, 3.63) is 200 Å². The van der Waals surface area contributed by atoms with E-state index in [1.807, 2.05) is 0 Å². The highest BCUT2D eigenvalue weighted by molar-refractivity contribution is 6.15. The number of fused-ring (bicyclic) bond motifs is 9. The fourth-order valence-corrected chi connectivity index (χ4v) is 10.2. The van der Waals surface area contributed by atoms with Gasteiger partial charge in [0.1, 0.15) is 0 Å². The lowest BCUT2D eigenvalue weighted by Gasteiger charge is -2.26. The summed E-state index contributed by atoms with van der Waals surface area (Å²) in [5.41, 5.74) is 18.0. The molecule has 0 unspecified atom stereocenters. The van der Waals surface area contributed by atoms with Crippen LogP contribution in [0.2, 0.25) is 0 Å². The minimum absolute atomic E-state index is 1.10. The lowest BCUT2D eigenvalue weighted by molar-refractivity contribution is 1.01. The molecule has 0 amide bonds. The van der Waals surface area contributed by atoms with Gasteiger partial charge in [0.2, 0.25) is 0 Å². The van der Waals surface area contributed by atoms with Crippen LogP contribution in [-0.2, 0) is 21.1 Å². The van der Waals surface area contributed by atoms with Crippen LogP contribution in [0.1, 0.15) is 0 Å². The summed E-state index contributed by atoms with van der Waals surface area (Å²) >= 11 is 0. The van der Waals surface area contributed by atoms with E-state index in [0.717, 1.165) is 17.1 Å². The molecule has 4 nitrogen and oxygen atoms in total. The molecule has 12 rings (SSSR count). The normalized spacial score (nSPS) is 11.9. The van der Waals surface area contributed by atoms with Crippen molar-refractivity contribution in [2.24, 2.45) is 21.1 Å². The van der Waals surface area contributed by atoms with Gasteiger partial charge in [0.05, 0.1) is 16.6 Å². The molecular weight excluding hydrogens is 741 g/mol. The maximum Gasteiger partial charge on any atom is 0.0568 e. The Kier molecular flexibility index (Phi) is 7.85. The number of hydrogen-bond acceptors (Lipinski definition) is 1. The van der Waals surface area contributed by atoms with Crippen LogP contribution < -0.4 is 4.90 Å². The first-order chi connectivity index (χ1) is 30.0. The molecule has 3 heterocycles. The van der Waals surface area contributed by atoms with Crippen molar-refractivity contribution in [1.82, 2.24) is 13.7 Å². The summed E-state index contributed by atoms with van der Waals surface area (Å²) in [5, 5.41) is 7.68. The van der Waals surface area contributed by atoms with E-state index in [0.29, 0.717) is 0 Å². The summed E-state index contributed by atoms with van der Waals surface area (Å²) < 4.78 is 7.00. The van der Waals surface area contributed by atoms with Gasteiger partial charge in [-0.3, -0.25) is 0 Å². The first-order valence-corrected chi connectivity index (χ1v) is 21.0. The third-order valence-electron chi connectivity index (χ3n) is 13.1. The van der Waals surface area contributed by atoms with Crippen molar-refractivity contribution in [1.29, 1.82) is 0 Å². The molecule has 0 aliphatic heterocycles. The number of aromatic nitrogens is 3.